The van der Waals surface area contributed by atoms with Crippen LogP contribution in [0.4, 0.5) is 0 Å². The molecule has 0 saturated heterocycles. The summed E-state index contributed by atoms with van der Waals surface area (Å²) < 4.78 is 2.14. The number of allylic oxidation sites excluding steroid dienone is 8. The smallest absolute Gasteiger partial charge is 0.147 e. The van der Waals surface area contributed by atoms with Crippen molar-refractivity contribution in [3.05, 3.63) is 47.6 Å². The summed E-state index contributed by atoms with van der Waals surface area (Å²) >= 11 is 1.24. The molecule has 0 radical (unpaired) electrons. The van der Waals surface area contributed by atoms with Crippen molar-refractivity contribution in [1.82, 2.24) is 0 Å². The molecule has 0 nitrogen and oxygen atoms in total. The third-order valence-corrected chi connectivity index (χ3v) is 3.01. The third-order valence-electron chi connectivity index (χ3n) is 3.01. The van der Waals surface area contributed by atoms with Crippen LogP contribution in [0.25, 0.3) is 0 Å². The summed E-state index contributed by atoms with van der Waals surface area (Å²) in [5, 5.41) is 0. The van der Waals surface area contributed by atoms with E-state index in [4.69, 9.17) is 0 Å². The largest absolute Gasteiger partial charge is 0.147 e. The molecule has 0 fully saturated rings. The summed E-state index contributed by atoms with van der Waals surface area (Å²) in [6, 6.07) is 0. The van der Waals surface area contributed by atoms with Gasteiger partial charge in [0, 0.05) is 0 Å². The second-order valence-electron chi connectivity index (χ2n) is 7.18. The monoisotopic (exact) mass is 522 g/mol. The van der Waals surface area contributed by atoms with Gasteiger partial charge in [-0.2, -0.15) is 12.2 Å². The molecule has 130 valence electrons. The van der Waals surface area contributed by atoms with Gasteiger partial charge in [0.2, 0.25) is 0 Å². The average molecular weight is 522 g/mol. The fourth-order valence-electron chi connectivity index (χ4n) is 1.84. The first-order valence-corrected chi connectivity index (χ1v) is 9.71. The van der Waals surface area contributed by atoms with Crippen molar-refractivity contribution in [1.29, 1.82) is 0 Å². The van der Waals surface area contributed by atoms with Crippen LogP contribution in [0.1, 0.15) is 61.3 Å². The molecule has 0 aliphatic heterocycles. The second-order valence-corrected chi connectivity index (χ2v) is 9.26. The van der Waals surface area contributed by atoms with Gasteiger partial charge in [0.05, 0.1) is 0 Å². The van der Waals surface area contributed by atoms with Crippen LogP contribution >= 0.6 is 24.8 Å². The van der Waals surface area contributed by atoms with Gasteiger partial charge in [-0.05, 0) is 10.8 Å². The Morgan fingerprint density at radius 1 is 0.826 bits per heavy atom. The molecule has 0 N–H and O–H groups in total. The van der Waals surface area contributed by atoms with Gasteiger partial charge in [0.15, 0.2) is 0 Å². The van der Waals surface area contributed by atoms with E-state index in [1.807, 2.05) is 0 Å². The predicted molar refractivity (Wildman–Crippen MR) is 106 cm³/mol. The van der Waals surface area contributed by atoms with E-state index in [1.165, 1.54) is 35.0 Å². The number of halogens is 2. The molecule has 0 aromatic heterocycles. The van der Waals surface area contributed by atoms with Gasteiger partial charge in [-0.3, -0.25) is 12.2 Å². The Bertz CT molecular complexity index is 401. The minimum Gasteiger partial charge on any atom is -0.147 e. The molecule has 0 saturated carbocycles. The van der Waals surface area contributed by atoms with Crippen LogP contribution in [0.2, 0.25) is 0 Å². The van der Waals surface area contributed by atoms with Crippen LogP contribution in [0, 0.1) is 23.0 Å². The zero-order valence-electron chi connectivity index (χ0n) is 15.6. The van der Waals surface area contributed by atoms with E-state index < -0.39 is 0 Å². The van der Waals surface area contributed by atoms with Gasteiger partial charge in [-0.15, -0.1) is 37.7 Å². The second kappa shape index (κ2) is 13.6. The Morgan fingerprint density at radius 3 is 1.17 bits per heavy atom. The Morgan fingerprint density at radius 2 is 1.09 bits per heavy atom. The molecule has 2 aliphatic rings. The van der Waals surface area contributed by atoms with Gasteiger partial charge in [0.25, 0.3) is 0 Å². The van der Waals surface area contributed by atoms with Crippen LogP contribution in [-0.4, -0.2) is 3.76 Å². The normalized spacial score (nSPS) is 15.0. The van der Waals surface area contributed by atoms with Crippen LogP contribution in [-0.2, 0) is 23.9 Å². The number of rotatable bonds is 0. The molecule has 0 heterocycles. The maximum atomic E-state index is 3.30. The van der Waals surface area contributed by atoms with E-state index in [0.717, 1.165) is 12.8 Å². The maximum absolute atomic E-state index is 3.30. The molecule has 2 aliphatic carbocycles. The van der Waals surface area contributed by atoms with E-state index in [2.05, 4.69) is 88.7 Å². The van der Waals surface area contributed by atoms with E-state index in [9.17, 15) is 0 Å². The van der Waals surface area contributed by atoms with Crippen LogP contribution in [0.5, 0.6) is 0 Å². The van der Waals surface area contributed by atoms with Crippen molar-refractivity contribution in [3.8, 4) is 0 Å². The minimum atomic E-state index is 0. The van der Waals surface area contributed by atoms with Crippen molar-refractivity contribution < 1.29 is 23.9 Å². The topological polar surface area (TPSA) is 0 Å². The van der Waals surface area contributed by atoms with Gasteiger partial charge >= 0.3 is 34.6 Å². The van der Waals surface area contributed by atoms with Crippen molar-refractivity contribution in [2.45, 2.75) is 61.3 Å². The third kappa shape index (κ3) is 13.3. The molecule has 0 bridgehead atoms. The fourth-order valence-corrected chi connectivity index (χ4v) is 1.84. The summed E-state index contributed by atoms with van der Waals surface area (Å²) in [6.45, 7) is 15.3. The first-order valence-electron chi connectivity index (χ1n) is 7.63. The van der Waals surface area contributed by atoms with E-state index in [-0.39, 0.29) is 24.8 Å². The van der Waals surface area contributed by atoms with Gasteiger partial charge in [-0.1, -0.05) is 41.5 Å². The van der Waals surface area contributed by atoms with E-state index in [0.29, 0.717) is 10.8 Å². The van der Waals surface area contributed by atoms with Crippen molar-refractivity contribution in [2.24, 2.45) is 10.8 Å². The first kappa shape index (κ1) is 28.1. The molecule has 0 atom stereocenters. The predicted octanol–water partition coefficient (Wildman–Crippen LogP) is 6.64. The maximum Gasteiger partial charge on any atom is -0.147 e. The van der Waals surface area contributed by atoms with E-state index >= 15 is 0 Å². The zero-order valence-corrected chi connectivity index (χ0v) is 20.8. The van der Waals surface area contributed by atoms with Gasteiger partial charge < -0.3 is 0 Å². The average Bonchev–Trinajstić information content (AvgIpc) is 3.03. The molecule has 0 amide bonds. The molecule has 23 heavy (non-hydrogen) atoms. The molecule has 3 heteroatoms. The van der Waals surface area contributed by atoms with Gasteiger partial charge in [0.1, 0.15) is 0 Å². The molecule has 0 spiro atoms. The fraction of sp³-hybridized carbons (Fsp3) is 0.550. The number of hydrogen-bond acceptors (Lipinski definition) is 0. The summed E-state index contributed by atoms with van der Waals surface area (Å²) in [4.78, 5) is 0. The van der Waals surface area contributed by atoms with Crippen molar-refractivity contribution in [2.75, 3.05) is 0 Å². The molecule has 2 rings (SSSR count). The Hall–Kier alpha value is 0.280. The van der Waals surface area contributed by atoms with Crippen molar-refractivity contribution in [3.63, 3.8) is 0 Å². The summed E-state index contributed by atoms with van der Waals surface area (Å²) in [6.07, 6.45) is 17.3. The summed E-state index contributed by atoms with van der Waals surface area (Å²) in [7, 11) is 0. The molecule has 0 unspecified atom stereocenters. The zero-order chi connectivity index (χ0) is 16.5. The molecule has 0 aromatic rings. The Labute approximate surface area is 171 Å². The minimum absolute atomic E-state index is 0. The quantitative estimate of drug-likeness (QED) is 0.247. The van der Waals surface area contributed by atoms with E-state index in [1.54, 1.807) is 0 Å². The standard InChI is InChI=1S/2C9H13.C2H4.2ClH.Hf/c2*1-9(2,3)8-6-4-5-7-8;1-2;;;/h2*4,6H,5H2,1-3H3;1H,2H3;2*1H;/q2*-1;;;;+2. The molecular weight excluding hydrogens is 490 g/mol. The summed E-state index contributed by atoms with van der Waals surface area (Å²) in [5.74, 6) is 0. The molecule has 0 aromatic carbocycles. The van der Waals surface area contributed by atoms with Crippen LogP contribution < -0.4 is 0 Å². The van der Waals surface area contributed by atoms with Crippen LogP contribution in [0.3, 0.4) is 0 Å². The Kier molecular flexibility index (Phi) is 16.6. The van der Waals surface area contributed by atoms with Crippen LogP contribution in [0.15, 0.2) is 35.5 Å². The van der Waals surface area contributed by atoms with Crippen molar-refractivity contribution >= 4 is 28.6 Å². The summed E-state index contributed by atoms with van der Waals surface area (Å²) in [5.41, 5.74) is 3.30. The van der Waals surface area contributed by atoms with Gasteiger partial charge in [-0.25, -0.2) is 23.3 Å². The molecular formula is C20H32Cl2Hf. The SMILES string of the molecule is CC(C)(C)C1=[C-]CC=C1.CC(C)(C)C1=[C-]CC=C1.C[CH]=[Hf+2].Cl.Cl. The Balaban J connectivity index is -0.000000277. The number of hydrogen-bond donors (Lipinski definition) is 0. The first-order chi connectivity index (χ1) is 9.62.